The highest BCUT2D eigenvalue weighted by Gasteiger charge is 2.24. The summed E-state index contributed by atoms with van der Waals surface area (Å²) in [6.07, 6.45) is 2.44. The van der Waals surface area contributed by atoms with E-state index >= 15 is 0 Å². The molecule has 0 aliphatic heterocycles. The van der Waals surface area contributed by atoms with Crippen LogP contribution in [0.2, 0.25) is 0 Å². The van der Waals surface area contributed by atoms with Gasteiger partial charge in [-0.15, -0.1) is 0 Å². The van der Waals surface area contributed by atoms with E-state index in [1.807, 2.05) is 80.6 Å². The van der Waals surface area contributed by atoms with Gasteiger partial charge < -0.3 is 20.9 Å². The van der Waals surface area contributed by atoms with Crippen LogP contribution in [0, 0.1) is 13.8 Å². The zero-order chi connectivity index (χ0) is 23.6. The lowest BCUT2D eigenvalue weighted by Crippen LogP contribution is -2.48. The number of nitrogens with zero attached hydrogens (tertiary/aromatic N) is 1. The number of aliphatic hydroxyl groups excluding tert-OH is 1. The van der Waals surface area contributed by atoms with E-state index in [-0.39, 0.29) is 18.6 Å². The van der Waals surface area contributed by atoms with E-state index in [1.165, 1.54) is 0 Å². The maximum absolute atomic E-state index is 12.7. The van der Waals surface area contributed by atoms with Crippen molar-refractivity contribution in [1.82, 2.24) is 10.3 Å². The van der Waals surface area contributed by atoms with Crippen LogP contribution >= 0.6 is 0 Å². The number of ether oxygens (including phenoxy) is 1. The summed E-state index contributed by atoms with van der Waals surface area (Å²) in [4.78, 5) is 16.9. The number of nitrogens with two attached hydrogens (primary N) is 1. The Bertz CT molecular complexity index is 991. The lowest BCUT2D eigenvalue weighted by atomic mass is 9.94. The van der Waals surface area contributed by atoms with Gasteiger partial charge in [-0.05, 0) is 55.9 Å². The Morgan fingerprint density at radius 2 is 1.61 bits per heavy atom. The molecule has 0 aliphatic rings. The van der Waals surface area contributed by atoms with Crippen molar-refractivity contribution in [3.8, 4) is 5.75 Å². The Labute approximate surface area is 195 Å². The minimum Gasteiger partial charge on any atom is -0.482 e. The number of aryl methyl sites for hydroxylation is 2. The number of rotatable bonds is 11. The quantitative estimate of drug-likeness (QED) is 0.420. The van der Waals surface area contributed by atoms with Gasteiger partial charge in [0.05, 0.1) is 17.8 Å². The molecule has 1 amide bonds. The molecule has 174 valence electrons. The van der Waals surface area contributed by atoms with Gasteiger partial charge in [-0.2, -0.15) is 0 Å². The summed E-state index contributed by atoms with van der Waals surface area (Å²) in [5.74, 6) is 0.312. The molecule has 3 atom stereocenters. The third kappa shape index (κ3) is 7.70. The fourth-order valence-corrected chi connectivity index (χ4v) is 3.91. The molecule has 4 N–H and O–H groups in total. The van der Waals surface area contributed by atoms with Gasteiger partial charge in [-0.1, -0.05) is 60.7 Å². The van der Waals surface area contributed by atoms with Crippen LogP contribution in [0.3, 0.4) is 0 Å². The van der Waals surface area contributed by atoms with Crippen molar-refractivity contribution in [3.63, 3.8) is 0 Å². The first-order valence-corrected chi connectivity index (χ1v) is 11.3. The molecule has 1 aromatic heterocycles. The predicted molar refractivity (Wildman–Crippen MR) is 130 cm³/mol. The third-order valence-corrected chi connectivity index (χ3v) is 5.62. The van der Waals surface area contributed by atoms with E-state index in [0.29, 0.717) is 25.0 Å². The normalized spacial score (nSPS) is 13.7. The van der Waals surface area contributed by atoms with Crippen LogP contribution in [-0.4, -0.2) is 40.8 Å². The van der Waals surface area contributed by atoms with Crippen molar-refractivity contribution >= 4 is 5.91 Å². The maximum Gasteiger partial charge on any atom is 0.258 e. The van der Waals surface area contributed by atoms with Crippen LogP contribution < -0.4 is 15.8 Å². The molecule has 6 heteroatoms. The summed E-state index contributed by atoms with van der Waals surface area (Å²) < 4.78 is 5.74. The standard InChI is InChI=1S/C27H33N3O3/c1-19-13-14-29-20(2)27(19)33-18-26(32)30-24(16-22-11-7-4-8-12-22)25(31)17-23(28)15-21-9-5-3-6-10-21/h3-14,23-25,31H,15-18,28H2,1-2H3,(H,30,32)/t23-,24-,25-/m0/s1. The monoisotopic (exact) mass is 447 g/mol. The summed E-state index contributed by atoms with van der Waals surface area (Å²) in [7, 11) is 0. The van der Waals surface area contributed by atoms with Gasteiger partial charge in [0, 0.05) is 12.2 Å². The second kappa shape index (κ2) is 12.1. The summed E-state index contributed by atoms with van der Waals surface area (Å²) >= 11 is 0. The number of hydrogen-bond donors (Lipinski definition) is 3. The van der Waals surface area contributed by atoms with E-state index < -0.39 is 12.1 Å². The molecule has 0 bridgehead atoms. The SMILES string of the molecule is Cc1ccnc(C)c1OCC(=O)N[C@@H](Cc1ccccc1)[C@@H](O)C[C@@H](N)Cc1ccccc1. The van der Waals surface area contributed by atoms with E-state index in [1.54, 1.807) is 6.20 Å². The van der Waals surface area contributed by atoms with Crippen molar-refractivity contribution in [1.29, 1.82) is 0 Å². The number of nitrogens with one attached hydrogen (secondary N) is 1. The first kappa shape index (κ1) is 24.4. The molecule has 0 unspecified atom stereocenters. The van der Waals surface area contributed by atoms with Crippen LogP contribution in [0.5, 0.6) is 5.75 Å². The Kier molecular flexibility index (Phi) is 8.98. The highest BCUT2D eigenvalue weighted by Crippen LogP contribution is 2.20. The molecule has 0 saturated heterocycles. The minimum atomic E-state index is -0.797. The number of amides is 1. The van der Waals surface area contributed by atoms with Gasteiger partial charge in [0.2, 0.25) is 0 Å². The highest BCUT2D eigenvalue weighted by molar-refractivity contribution is 5.78. The lowest BCUT2D eigenvalue weighted by molar-refractivity contribution is -0.124. The molecule has 33 heavy (non-hydrogen) atoms. The molecule has 6 nitrogen and oxygen atoms in total. The van der Waals surface area contributed by atoms with Crippen LogP contribution in [0.15, 0.2) is 72.9 Å². The first-order valence-electron chi connectivity index (χ1n) is 11.3. The number of hydrogen-bond acceptors (Lipinski definition) is 5. The average Bonchev–Trinajstić information content (AvgIpc) is 2.79. The van der Waals surface area contributed by atoms with Crippen molar-refractivity contribution < 1.29 is 14.6 Å². The Balaban J connectivity index is 1.63. The van der Waals surface area contributed by atoms with Crippen molar-refractivity contribution in [2.75, 3.05) is 6.61 Å². The van der Waals surface area contributed by atoms with Crippen molar-refractivity contribution in [2.24, 2.45) is 5.73 Å². The molecular formula is C27H33N3O3. The van der Waals surface area contributed by atoms with E-state index in [4.69, 9.17) is 10.5 Å². The van der Waals surface area contributed by atoms with Gasteiger partial charge in [0.1, 0.15) is 5.75 Å². The molecule has 2 aromatic carbocycles. The molecule has 0 aliphatic carbocycles. The molecule has 1 heterocycles. The Hall–Kier alpha value is -3.22. The van der Waals surface area contributed by atoms with Crippen LogP contribution in [-0.2, 0) is 17.6 Å². The van der Waals surface area contributed by atoms with Crippen LogP contribution in [0.25, 0.3) is 0 Å². The lowest BCUT2D eigenvalue weighted by Gasteiger charge is -2.27. The molecular weight excluding hydrogens is 414 g/mol. The van der Waals surface area contributed by atoms with Crippen molar-refractivity contribution in [2.45, 2.75) is 51.3 Å². The topological polar surface area (TPSA) is 97.5 Å². The molecule has 0 spiro atoms. The summed E-state index contributed by atoms with van der Waals surface area (Å²) in [6, 6.07) is 20.9. The van der Waals surface area contributed by atoms with Gasteiger partial charge >= 0.3 is 0 Å². The van der Waals surface area contributed by atoms with Gasteiger partial charge in [-0.25, -0.2) is 0 Å². The van der Waals surface area contributed by atoms with Crippen LogP contribution in [0.1, 0.15) is 28.8 Å². The second-order valence-electron chi connectivity index (χ2n) is 8.45. The molecule has 0 radical (unpaired) electrons. The highest BCUT2D eigenvalue weighted by atomic mass is 16.5. The number of benzene rings is 2. The maximum atomic E-state index is 12.7. The number of carbonyl (C=O) groups is 1. The molecule has 0 fully saturated rings. The average molecular weight is 448 g/mol. The fraction of sp³-hybridized carbons (Fsp3) is 0.333. The number of pyridine rings is 1. The van der Waals surface area contributed by atoms with Gasteiger partial charge in [0.15, 0.2) is 6.61 Å². The minimum absolute atomic E-state index is 0.151. The largest absolute Gasteiger partial charge is 0.482 e. The fourth-order valence-electron chi connectivity index (χ4n) is 3.91. The van der Waals surface area contributed by atoms with E-state index in [2.05, 4.69) is 10.3 Å². The zero-order valence-corrected chi connectivity index (χ0v) is 19.3. The molecule has 3 rings (SSSR count). The second-order valence-corrected chi connectivity index (χ2v) is 8.45. The van der Waals surface area contributed by atoms with E-state index in [0.717, 1.165) is 22.4 Å². The molecule has 0 saturated carbocycles. The van der Waals surface area contributed by atoms with Crippen LogP contribution in [0.4, 0.5) is 0 Å². The van der Waals surface area contributed by atoms with Gasteiger partial charge in [-0.3, -0.25) is 9.78 Å². The predicted octanol–water partition coefficient (Wildman–Crippen LogP) is 3.13. The Morgan fingerprint density at radius 3 is 2.21 bits per heavy atom. The zero-order valence-electron chi connectivity index (χ0n) is 19.3. The number of aliphatic hydroxyl groups is 1. The van der Waals surface area contributed by atoms with E-state index in [9.17, 15) is 9.90 Å². The number of carbonyl (C=O) groups excluding carboxylic acids is 1. The number of aromatic nitrogens is 1. The summed E-state index contributed by atoms with van der Waals surface area (Å²) in [5, 5.41) is 13.9. The van der Waals surface area contributed by atoms with Crippen molar-refractivity contribution in [3.05, 3.63) is 95.3 Å². The Morgan fingerprint density at radius 1 is 1.00 bits per heavy atom. The smallest absolute Gasteiger partial charge is 0.258 e. The third-order valence-electron chi connectivity index (χ3n) is 5.62. The summed E-state index contributed by atoms with van der Waals surface area (Å²) in [6.45, 7) is 3.61. The molecule has 3 aromatic rings. The first-order chi connectivity index (χ1) is 15.9. The summed E-state index contributed by atoms with van der Waals surface area (Å²) in [5.41, 5.74) is 10.1. The van der Waals surface area contributed by atoms with Gasteiger partial charge in [0.25, 0.3) is 5.91 Å².